The fourth-order valence-electron chi connectivity index (χ4n) is 5.06. The van der Waals surface area contributed by atoms with Crippen molar-refractivity contribution >= 4 is 69.9 Å². The Labute approximate surface area is 251 Å². The second-order valence-corrected chi connectivity index (χ2v) is 9.30. The van der Waals surface area contributed by atoms with Crippen LogP contribution in [0.3, 0.4) is 0 Å². The first-order chi connectivity index (χ1) is 20.1. The number of carboxylic acids is 3. The number of aromatic nitrogens is 4. The van der Waals surface area contributed by atoms with E-state index in [2.05, 4.69) is 15.0 Å². The standard InChI is InChI=1S/C30H18N4O8.Cu/c35-27(36)20-12-19-11-17-7-6-15(31-17)10-16-8-9-18(32-16)13-21-22(14-4-2-1-3-5-14)23(28(37)38)26(34(21)30(41)42)24(29(39)40)25(20)33-19;/h1-13,31H,(H,35,36)(H,37,38)(H,39,40)(H,41,42);. The molecule has 3 aromatic heterocycles. The molecule has 6 rings (SSSR count). The van der Waals surface area contributed by atoms with Crippen LogP contribution in [0.15, 0.2) is 60.7 Å². The molecule has 1 aromatic carbocycles. The van der Waals surface area contributed by atoms with Crippen LogP contribution >= 0.6 is 0 Å². The number of carbonyl (C=O) groups is 4. The Balaban J connectivity index is 0.00000368. The predicted molar refractivity (Wildman–Crippen MR) is 152 cm³/mol. The Morgan fingerprint density at radius 3 is 1.88 bits per heavy atom. The predicted octanol–water partition coefficient (Wildman–Crippen LogP) is 5.17. The van der Waals surface area contributed by atoms with E-state index in [0.717, 1.165) is 6.08 Å². The van der Waals surface area contributed by atoms with Gasteiger partial charge in [0.05, 0.1) is 44.9 Å². The second-order valence-electron chi connectivity index (χ2n) is 9.30. The van der Waals surface area contributed by atoms with Gasteiger partial charge in [-0.15, -0.1) is 0 Å². The number of nitrogens with one attached hydrogen (secondary N) is 1. The summed E-state index contributed by atoms with van der Waals surface area (Å²) in [4.78, 5) is 62.7. The number of aliphatic carboxylic acids is 1. The third-order valence-corrected chi connectivity index (χ3v) is 6.69. The van der Waals surface area contributed by atoms with E-state index in [1.54, 1.807) is 60.7 Å². The number of benzene rings is 1. The molecule has 2 aliphatic rings. The number of fused-ring (bicyclic) bond motifs is 8. The number of H-pyrrole nitrogens is 1. The van der Waals surface area contributed by atoms with E-state index >= 15 is 0 Å². The van der Waals surface area contributed by atoms with Gasteiger partial charge in [-0.05, 0) is 54.1 Å². The second kappa shape index (κ2) is 10.9. The minimum absolute atomic E-state index is 0. The third-order valence-electron chi connectivity index (χ3n) is 6.69. The van der Waals surface area contributed by atoms with Crippen LogP contribution in [0.25, 0.3) is 57.0 Å². The zero-order chi connectivity index (χ0) is 29.7. The van der Waals surface area contributed by atoms with Gasteiger partial charge >= 0.3 is 24.0 Å². The number of nitrogens with zero attached hydrogens (tertiary/aromatic N) is 3. The summed E-state index contributed by atoms with van der Waals surface area (Å²) in [7, 11) is 0. The molecule has 13 heteroatoms. The number of hydrogen-bond donors (Lipinski definition) is 5. The van der Waals surface area contributed by atoms with Crippen molar-refractivity contribution in [1.82, 2.24) is 19.5 Å². The third kappa shape index (κ3) is 4.99. The summed E-state index contributed by atoms with van der Waals surface area (Å²) in [6.07, 6.45) is 2.71. The average molecular weight is 626 g/mol. The van der Waals surface area contributed by atoms with E-state index in [-0.39, 0.29) is 45.1 Å². The smallest absolute Gasteiger partial charge is 0.416 e. The molecule has 5 heterocycles. The molecule has 0 fully saturated rings. The molecule has 0 spiro atoms. The van der Waals surface area contributed by atoms with Crippen LogP contribution in [0, 0.1) is 0 Å². The normalized spacial score (nSPS) is 11.9. The maximum atomic E-state index is 12.9. The molecule has 5 N–H and O–H groups in total. The van der Waals surface area contributed by atoms with E-state index in [1.807, 2.05) is 0 Å². The van der Waals surface area contributed by atoms with Gasteiger partial charge in [0.2, 0.25) is 0 Å². The van der Waals surface area contributed by atoms with Crippen LogP contribution in [-0.2, 0) is 21.9 Å². The van der Waals surface area contributed by atoms with E-state index in [4.69, 9.17) is 0 Å². The van der Waals surface area contributed by atoms with E-state index in [1.165, 1.54) is 12.1 Å². The Bertz CT molecular complexity index is 2110. The van der Waals surface area contributed by atoms with Gasteiger partial charge in [-0.25, -0.2) is 33.7 Å². The monoisotopic (exact) mass is 625 g/mol. The molecule has 8 bridgehead atoms. The number of hydrogen-bond acceptors (Lipinski definition) is 6. The molecule has 43 heavy (non-hydrogen) atoms. The summed E-state index contributed by atoms with van der Waals surface area (Å²) in [6.45, 7) is 0. The molecular formula is C30H18CuN4O8. The maximum Gasteiger partial charge on any atom is 0.416 e. The first kappa shape index (κ1) is 28.7. The summed E-state index contributed by atoms with van der Waals surface area (Å²) in [6, 6.07) is 16.0. The largest absolute Gasteiger partial charge is 0.478 e. The number of carboxylic acid groups (broad SMARTS) is 4. The van der Waals surface area contributed by atoms with Crippen LogP contribution in [0.1, 0.15) is 43.5 Å². The Hall–Kier alpha value is -5.78. The summed E-state index contributed by atoms with van der Waals surface area (Å²) >= 11 is 0. The molecule has 12 nitrogen and oxygen atoms in total. The van der Waals surface area contributed by atoms with Gasteiger partial charge in [0.15, 0.2) is 0 Å². The molecule has 0 unspecified atom stereocenters. The van der Waals surface area contributed by atoms with Crippen molar-refractivity contribution in [2.45, 2.75) is 0 Å². The topological polar surface area (TPSA) is 196 Å². The van der Waals surface area contributed by atoms with Crippen LogP contribution in [0.5, 0.6) is 0 Å². The van der Waals surface area contributed by atoms with Crippen molar-refractivity contribution < 1.29 is 56.7 Å². The Morgan fingerprint density at radius 2 is 1.30 bits per heavy atom. The van der Waals surface area contributed by atoms with E-state index < -0.39 is 51.9 Å². The Kier molecular flexibility index (Phi) is 7.28. The molecule has 0 aliphatic carbocycles. The van der Waals surface area contributed by atoms with Crippen molar-refractivity contribution in [2.24, 2.45) is 0 Å². The average Bonchev–Trinajstić information content (AvgIpc) is 3.71. The first-order valence-electron chi connectivity index (χ1n) is 12.3. The first-order valence-corrected chi connectivity index (χ1v) is 12.3. The molecular weight excluding hydrogens is 608 g/mol. The fraction of sp³-hybridized carbons (Fsp3) is 0. The minimum Gasteiger partial charge on any atom is -0.478 e. The van der Waals surface area contributed by atoms with Crippen molar-refractivity contribution in [2.75, 3.05) is 0 Å². The molecule has 0 amide bonds. The summed E-state index contributed by atoms with van der Waals surface area (Å²) < 4.78 is 0.527. The zero-order valence-corrected chi connectivity index (χ0v) is 22.5. The summed E-state index contributed by atoms with van der Waals surface area (Å²) in [5, 5.41) is 41.3. The summed E-state index contributed by atoms with van der Waals surface area (Å²) in [5.74, 6) is -4.95. The van der Waals surface area contributed by atoms with Crippen molar-refractivity contribution in [1.29, 1.82) is 0 Å². The van der Waals surface area contributed by atoms with Gasteiger partial charge in [-0.1, -0.05) is 30.3 Å². The van der Waals surface area contributed by atoms with Gasteiger partial charge in [-0.3, -0.25) is 0 Å². The molecule has 0 saturated carbocycles. The van der Waals surface area contributed by atoms with Crippen LogP contribution in [0.2, 0.25) is 0 Å². The Morgan fingerprint density at radius 1 is 0.698 bits per heavy atom. The molecule has 1 radical (unpaired) electrons. The molecule has 217 valence electrons. The SMILES string of the molecule is O=C(O)C1=Cc2cc3ccc(cc4nc(cc5c(-c6ccccc6)c(C(=O)O)c(c(C(=O)O)c1n2)n5C(=O)O)C=C4)[nH]3.[Cu]. The van der Waals surface area contributed by atoms with Gasteiger partial charge < -0.3 is 25.4 Å². The minimum atomic E-state index is -1.78. The fourth-order valence-corrected chi connectivity index (χ4v) is 5.06. The molecule has 0 saturated heterocycles. The maximum absolute atomic E-state index is 12.9. The number of aromatic amines is 1. The van der Waals surface area contributed by atoms with Crippen molar-refractivity contribution in [3.8, 4) is 11.1 Å². The number of rotatable bonds is 4. The van der Waals surface area contributed by atoms with E-state index in [9.17, 15) is 39.6 Å². The van der Waals surface area contributed by atoms with Gasteiger partial charge in [0, 0.05) is 33.7 Å². The van der Waals surface area contributed by atoms with Crippen molar-refractivity contribution in [3.63, 3.8) is 0 Å². The van der Waals surface area contributed by atoms with Gasteiger partial charge in [0.25, 0.3) is 0 Å². The quantitative estimate of drug-likeness (QED) is 0.166. The van der Waals surface area contributed by atoms with Gasteiger partial charge in [-0.2, -0.15) is 0 Å². The zero-order valence-electron chi connectivity index (χ0n) is 21.6. The molecule has 0 atom stereocenters. The van der Waals surface area contributed by atoms with E-state index in [0.29, 0.717) is 21.3 Å². The molecule has 2 aliphatic heterocycles. The van der Waals surface area contributed by atoms with Crippen LogP contribution < -0.4 is 0 Å². The van der Waals surface area contributed by atoms with Crippen LogP contribution in [0.4, 0.5) is 4.79 Å². The molecule has 4 aromatic rings. The van der Waals surface area contributed by atoms with Crippen LogP contribution in [-0.4, -0.2) is 63.9 Å². The summed E-state index contributed by atoms with van der Waals surface area (Å²) in [5.41, 5.74) is -1.49. The van der Waals surface area contributed by atoms with Gasteiger partial charge in [0.1, 0.15) is 5.56 Å². The van der Waals surface area contributed by atoms with Crippen molar-refractivity contribution in [3.05, 3.63) is 94.6 Å². The number of aromatic carboxylic acids is 2.